The fraction of sp³-hybridized carbons (Fsp3) is 0.245. The van der Waals surface area contributed by atoms with Gasteiger partial charge < -0.3 is 10.0 Å². The zero-order valence-corrected chi connectivity index (χ0v) is 35.4. The van der Waals surface area contributed by atoms with Crippen molar-refractivity contribution in [2.75, 3.05) is 4.90 Å². The molecule has 2 aromatic heterocycles. The van der Waals surface area contributed by atoms with Gasteiger partial charge in [-0.1, -0.05) is 129 Å². The maximum Gasteiger partial charge on any atom is 0.154 e. The maximum atomic E-state index is 11.1. The molecule has 2 heterocycles. The third-order valence-electron chi connectivity index (χ3n) is 9.96. The standard InChI is InChI=1S/C49H49N4O.Pt/c1-47(2,3)35-25-33(26-36(29-35)48(4,5)6)41-31-42(52-46(51-41)40-20-12-13-22-44(40)54)34-27-37(49(7,8)9)30-38(28-34)53(45-23-14-15-24-50-45)43-21-16-18-32-17-10-11-19-39(32)43;/h10-27,29-31,54H,1-9H3;/q-1;. The van der Waals surface area contributed by atoms with Gasteiger partial charge in [0, 0.05) is 38.2 Å². The van der Waals surface area contributed by atoms with Crippen LogP contribution in [0.15, 0.2) is 128 Å². The molecule has 0 aliphatic carbocycles. The molecule has 0 saturated carbocycles. The van der Waals surface area contributed by atoms with E-state index in [4.69, 9.17) is 15.0 Å². The van der Waals surface area contributed by atoms with Crippen LogP contribution in [-0.4, -0.2) is 20.1 Å². The number of aromatic hydroxyl groups is 1. The Morgan fingerprint density at radius 2 is 1.18 bits per heavy atom. The number of fused-ring (bicyclic) bond motifs is 1. The Morgan fingerprint density at radius 1 is 0.582 bits per heavy atom. The van der Waals surface area contributed by atoms with E-state index in [1.165, 1.54) is 11.1 Å². The Hall–Kier alpha value is -5.12. The van der Waals surface area contributed by atoms with E-state index in [1.807, 2.05) is 42.6 Å². The van der Waals surface area contributed by atoms with Gasteiger partial charge in [-0.05, 0) is 86.6 Å². The third-order valence-corrected chi connectivity index (χ3v) is 9.96. The van der Waals surface area contributed by atoms with Crippen molar-refractivity contribution in [3.63, 3.8) is 0 Å². The fourth-order valence-electron chi connectivity index (χ4n) is 6.67. The Balaban J connectivity index is 0.00000514. The molecule has 0 saturated heterocycles. The van der Waals surface area contributed by atoms with E-state index in [0.29, 0.717) is 17.1 Å². The van der Waals surface area contributed by atoms with Gasteiger partial charge in [0.25, 0.3) is 0 Å². The Kier molecular flexibility index (Phi) is 10.9. The molecule has 0 radical (unpaired) electrons. The van der Waals surface area contributed by atoms with Crippen LogP contribution in [0.5, 0.6) is 5.75 Å². The Bertz CT molecular complexity index is 2430. The predicted molar refractivity (Wildman–Crippen MR) is 225 cm³/mol. The minimum absolute atomic E-state index is 0. The Morgan fingerprint density at radius 3 is 1.84 bits per heavy atom. The minimum atomic E-state index is -0.202. The first-order chi connectivity index (χ1) is 25.6. The van der Waals surface area contributed by atoms with Gasteiger partial charge in [0.15, 0.2) is 5.82 Å². The van der Waals surface area contributed by atoms with Crippen molar-refractivity contribution in [2.24, 2.45) is 0 Å². The second kappa shape index (κ2) is 15.2. The largest absolute Gasteiger partial charge is 0.507 e. The molecule has 0 bridgehead atoms. The van der Waals surface area contributed by atoms with Gasteiger partial charge >= 0.3 is 0 Å². The van der Waals surface area contributed by atoms with Crippen LogP contribution >= 0.6 is 0 Å². The van der Waals surface area contributed by atoms with E-state index in [-0.39, 0.29) is 43.1 Å². The van der Waals surface area contributed by atoms with Crippen molar-refractivity contribution >= 4 is 28.0 Å². The molecule has 0 spiro atoms. The topological polar surface area (TPSA) is 62.1 Å². The van der Waals surface area contributed by atoms with Crippen LogP contribution in [0.1, 0.15) is 79.0 Å². The number of phenols is 1. The van der Waals surface area contributed by atoms with E-state index in [9.17, 15) is 5.11 Å². The minimum Gasteiger partial charge on any atom is -0.507 e. The SMILES string of the molecule is CC(C)(C)c1cc(-c2cc(-c3cc(C(C)(C)C)cc(C(C)(C)C)c3)nc(-c3ccccc3O)n2)[c-]c(N(c2ccccn2)c2cccc3ccccc23)c1.[Pt]. The second-order valence-corrected chi connectivity index (χ2v) is 17.2. The van der Waals surface area contributed by atoms with Crippen LogP contribution in [-0.2, 0) is 37.3 Å². The predicted octanol–water partition coefficient (Wildman–Crippen LogP) is 12.9. The van der Waals surface area contributed by atoms with Crippen molar-refractivity contribution in [3.05, 3.63) is 150 Å². The molecular weight excluding hydrogens is 856 g/mol. The zero-order chi connectivity index (χ0) is 38.4. The number of aromatic nitrogens is 3. The molecule has 0 aliphatic rings. The molecule has 0 fully saturated rings. The first-order valence-corrected chi connectivity index (χ1v) is 18.7. The van der Waals surface area contributed by atoms with Crippen molar-refractivity contribution in [1.29, 1.82) is 0 Å². The summed E-state index contributed by atoms with van der Waals surface area (Å²) in [4.78, 5) is 17.4. The summed E-state index contributed by atoms with van der Waals surface area (Å²) in [5.74, 6) is 1.37. The molecule has 0 atom stereocenters. The van der Waals surface area contributed by atoms with Gasteiger partial charge in [0.05, 0.1) is 16.9 Å². The van der Waals surface area contributed by atoms with Gasteiger partial charge in [0.2, 0.25) is 0 Å². The summed E-state index contributed by atoms with van der Waals surface area (Å²) < 4.78 is 0. The quantitative estimate of drug-likeness (QED) is 0.169. The molecule has 0 unspecified atom stereocenters. The van der Waals surface area contributed by atoms with Crippen LogP contribution in [0.3, 0.4) is 0 Å². The fourth-order valence-corrected chi connectivity index (χ4v) is 6.67. The monoisotopic (exact) mass is 904 g/mol. The molecule has 282 valence electrons. The van der Waals surface area contributed by atoms with Crippen LogP contribution in [0.25, 0.3) is 44.7 Å². The number of phenolic OH excluding ortho intramolecular Hbond substituents is 1. The summed E-state index contributed by atoms with van der Waals surface area (Å²) in [5.41, 5.74) is 8.98. The van der Waals surface area contributed by atoms with Gasteiger partial charge in [-0.2, -0.15) is 0 Å². The first-order valence-electron chi connectivity index (χ1n) is 18.7. The van der Waals surface area contributed by atoms with Crippen molar-refractivity contribution < 1.29 is 26.2 Å². The molecule has 7 rings (SSSR count). The molecular formula is C49H49N4OPt-. The first kappa shape index (κ1) is 39.6. The number of benzene rings is 5. The Labute approximate surface area is 340 Å². The number of anilines is 3. The number of hydrogen-bond acceptors (Lipinski definition) is 5. The van der Waals surface area contributed by atoms with Gasteiger partial charge in [-0.3, -0.25) is 4.98 Å². The molecule has 5 aromatic carbocycles. The number of nitrogens with zero attached hydrogens (tertiary/aromatic N) is 4. The van der Waals surface area contributed by atoms with Gasteiger partial charge in [0.1, 0.15) is 11.6 Å². The van der Waals surface area contributed by atoms with Gasteiger partial charge in [-0.15, -0.1) is 29.3 Å². The summed E-state index contributed by atoms with van der Waals surface area (Å²) in [6.07, 6.45) is 1.83. The van der Waals surface area contributed by atoms with E-state index in [0.717, 1.165) is 50.3 Å². The van der Waals surface area contributed by atoms with Crippen molar-refractivity contribution in [3.8, 4) is 39.7 Å². The van der Waals surface area contributed by atoms with Crippen molar-refractivity contribution in [1.82, 2.24) is 15.0 Å². The number of para-hydroxylation sites is 1. The molecule has 7 aromatic rings. The van der Waals surface area contributed by atoms with E-state index in [1.54, 1.807) is 6.07 Å². The average Bonchev–Trinajstić information content (AvgIpc) is 3.14. The third kappa shape index (κ3) is 8.43. The van der Waals surface area contributed by atoms with E-state index < -0.39 is 0 Å². The number of rotatable bonds is 6. The van der Waals surface area contributed by atoms with Crippen LogP contribution < -0.4 is 4.90 Å². The summed E-state index contributed by atoms with van der Waals surface area (Å²) in [7, 11) is 0. The normalized spacial score (nSPS) is 12.0. The average molecular weight is 905 g/mol. The summed E-state index contributed by atoms with van der Waals surface area (Å²) in [6, 6.07) is 45.2. The molecule has 0 aliphatic heterocycles. The number of pyridine rings is 1. The maximum absolute atomic E-state index is 11.1. The second-order valence-electron chi connectivity index (χ2n) is 17.2. The van der Waals surface area contributed by atoms with E-state index >= 15 is 0 Å². The zero-order valence-electron chi connectivity index (χ0n) is 33.2. The summed E-state index contributed by atoms with van der Waals surface area (Å²) in [6.45, 7) is 20.1. The molecule has 0 amide bonds. The molecule has 5 nitrogen and oxygen atoms in total. The molecule has 1 N–H and O–H groups in total. The van der Waals surface area contributed by atoms with Crippen molar-refractivity contribution in [2.45, 2.75) is 78.6 Å². The number of hydrogen-bond donors (Lipinski definition) is 1. The molecule has 55 heavy (non-hydrogen) atoms. The van der Waals surface area contributed by atoms with E-state index in [2.05, 4.69) is 152 Å². The smallest absolute Gasteiger partial charge is 0.154 e. The van der Waals surface area contributed by atoms with Crippen LogP contribution in [0.4, 0.5) is 17.2 Å². The summed E-state index contributed by atoms with van der Waals surface area (Å²) >= 11 is 0. The van der Waals surface area contributed by atoms with Crippen LogP contribution in [0.2, 0.25) is 0 Å². The molecule has 6 heteroatoms. The van der Waals surface area contributed by atoms with Gasteiger partial charge in [-0.25, -0.2) is 9.97 Å². The summed E-state index contributed by atoms with van der Waals surface area (Å²) in [5, 5.41) is 13.3. The van der Waals surface area contributed by atoms with Crippen LogP contribution in [0, 0.1) is 6.07 Å².